The molecule has 1 aliphatic carbocycles. The molecule has 0 bridgehead atoms. The molecule has 1 unspecified atom stereocenters. The highest BCUT2D eigenvalue weighted by atomic mass is 19.1. The number of aromatic nitrogens is 2. The molecule has 0 saturated carbocycles. The summed E-state index contributed by atoms with van der Waals surface area (Å²) >= 11 is 0. The fraction of sp³-hybridized carbons (Fsp3) is 0.529. The van der Waals surface area contributed by atoms with Crippen LogP contribution in [0.4, 0.5) is 16.2 Å². The van der Waals surface area contributed by atoms with Gasteiger partial charge in [0.05, 0.1) is 6.61 Å². The topological polar surface area (TPSA) is 79.3 Å². The van der Waals surface area contributed by atoms with Crippen molar-refractivity contribution in [1.29, 1.82) is 0 Å². The molecule has 0 aromatic carbocycles. The summed E-state index contributed by atoms with van der Waals surface area (Å²) in [6.07, 6.45) is 5.55. The van der Waals surface area contributed by atoms with Crippen molar-refractivity contribution in [2.75, 3.05) is 37.5 Å². The van der Waals surface area contributed by atoms with Crippen LogP contribution < -0.4 is 10.6 Å². The van der Waals surface area contributed by atoms with Crippen LogP contribution in [0.5, 0.6) is 0 Å². The molecule has 2 rings (SSSR count). The minimum absolute atomic E-state index is 0.379. The second-order valence-corrected chi connectivity index (χ2v) is 5.15. The number of halogens is 1. The standard InChI is InChI=1S/C16H23FN4O.CH4O/c1-3-9-22-10-8-18-15-11-12(2)19-16(21-15)20-14-6-4-13(17)5-7-14;1-2/h4,6-7,11,13H,3,5,8-10H2,1-2H3,(H2,18,19,20,21);2H,1H3. The van der Waals surface area contributed by atoms with E-state index in [1.807, 2.05) is 19.1 Å². The van der Waals surface area contributed by atoms with Gasteiger partial charge in [-0.3, -0.25) is 0 Å². The van der Waals surface area contributed by atoms with Gasteiger partial charge in [-0.1, -0.05) is 13.0 Å². The summed E-state index contributed by atoms with van der Waals surface area (Å²) in [6.45, 7) is 6.10. The van der Waals surface area contributed by atoms with Crippen LogP contribution in [-0.2, 0) is 4.74 Å². The maximum absolute atomic E-state index is 13.0. The van der Waals surface area contributed by atoms with E-state index in [-0.39, 0.29) is 0 Å². The monoisotopic (exact) mass is 338 g/mol. The number of aliphatic hydroxyl groups is 1. The number of alkyl halides is 1. The van der Waals surface area contributed by atoms with Crippen molar-refractivity contribution < 1.29 is 14.2 Å². The van der Waals surface area contributed by atoms with Crippen LogP contribution >= 0.6 is 0 Å². The van der Waals surface area contributed by atoms with E-state index in [1.165, 1.54) is 6.08 Å². The molecular weight excluding hydrogens is 311 g/mol. The molecule has 0 radical (unpaired) electrons. The lowest BCUT2D eigenvalue weighted by atomic mass is 10.1. The van der Waals surface area contributed by atoms with Crippen molar-refractivity contribution in [3.63, 3.8) is 0 Å². The Labute approximate surface area is 142 Å². The Balaban J connectivity index is 0.00000139. The van der Waals surface area contributed by atoms with Gasteiger partial charge in [0, 0.05) is 44.1 Å². The Kier molecular flexibility index (Phi) is 9.64. The Hall–Kier alpha value is -1.99. The molecule has 1 aliphatic rings. The minimum Gasteiger partial charge on any atom is -0.400 e. The molecule has 1 heterocycles. The van der Waals surface area contributed by atoms with Gasteiger partial charge in [-0.25, -0.2) is 9.37 Å². The van der Waals surface area contributed by atoms with Gasteiger partial charge < -0.3 is 20.5 Å². The van der Waals surface area contributed by atoms with Gasteiger partial charge in [-0.15, -0.1) is 0 Å². The Morgan fingerprint density at radius 2 is 2.12 bits per heavy atom. The predicted octanol–water partition coefficient (Wildman–Crippen LogP) is 2.83. The van der Waals surface area contributed by atoms with Crippen molar-refractivity contribution in [3.8, 4) is 0 Å². The molecule has 24 heavy (non-hydrogen) atoms. The summed E-state index contributed by atoms with van der Waals surface area (Å²) in [4.78, 5) is 8.75. The minimum atomic E-state index is -0.899. The predicted molar refractivity (Wildman–Crippen MR) is 94.9 cm³/mol. The summed E-state index contributed by atoms with van der Waals surface area (Å²) in [5.74, 6) is 1.25. The lowest BCUT2D eigenvalue weighted by Crippen LogP contribution is -2.13. The molecule has 6 nitrogen and oxygen atoms in total. The Morgan fingerprint density at radius 3 is 2.79 bits per heavy atom. The third kappa shape index (κ3) is 7.52. The van der Waals surface area contributed by atoms with Crippen LogP contribution in [0.15, 0.2) is 30.0 Å². The first-order chi connectivity index (χ1) is 11.7. The third-order valence-electron chi connectivity index (χ3n) is 3.06. The largest absolute Gasteiger partial charge is 0.400 e. The maximum atomic E-state index is 13.0. The van der Waals surface area contributed by atoms with Crippen LogP contribution in [0.3, 0.4) is 0 Å². The Morgan fingerprint density at radius 1 is 1.33 bits per heavy atom. The first-order valence-electron chi connectivity index (χ1n) is 8.09. The van der Waals surface area contributed by atoms with Crippen molar-refractivity contribution in [2.24, 2.45) is 0 Å². The SMILES string of the molecule is CCCOCCNc1cc(C)nc(NC2=CCC(F)C=C2)n1.CO. The molecule has 134 valence electrons. The number of nitrogens with zero attached hydrogens (tertiary/aromatic N) is 2. The van der Waals surface area contributed by atoms with Gasteiger partial charge in [-0.2, -0.15) is 4.98 Å². The quantitative estimate of drug-likeness (QED) is 0.633. The van der Waals surface area contributed by atoms with E-state index >= 15 is 0 Å². The molecule has 0 saturated heterocycles. The number of allylic oxidation sites excluding steroid dienone is 3. The van der Waals surface area contributed by atoms with Crippen molar-refractivity contribution in [3.05, 3.63) is 35.7 Å². The number of aryl methyl sites for hydroxylation is 1. The summed E-state index contributed by atoms with van der Waals surface area (Å²) < 4.78 is 18.5. The molecule has 0 fully saturated rings. The number of ether oxygens (including phenoxy) is 1. The number of aliphatic hydroxyl groups excluding tert-OH is 1. The molecule has 7 heteroatoms. The molecule has 1 atom stereocenters. The maximum Gasteiger partial charge on any atom is 0.229 e. The fourth-order valence-electron chi connectivity index (χ4n) is 2.03. The normalized spacial score (nSPS) is 16.0. The van der Waals surface area contributed by atoms with Crippen LogP contribution in [0, 0.1) is 6.92 Å². The lowest BCUT2D eigenvalue weighted by Gasteiger charge is -2.13. The number of nitrogens with one attached hydrogen (secondary N) is 2. The van der Waals surface area contributed by atoms with E-state index in [0.29, 0.717) is 25.5 Å². The van der Waals surface area contributed by atoms with Gasteiger partial charge >= 0.3 is 0 Å². The highest BCUT2D eigenvalue weighted by Crippen LogP contribution is 2.16. The van der Waals surface area contributed by atoms with Crippen molar-refractivity contribution in [1.82, 2.24) is 9.97 Å². The van der Waals surface area contributed by atoms with Crippen LogP contribution in [0.2, 0.25) is 0 Å². The van der Waals surface area contributed by atoms with Gasteiger partial charge in [0.2, 0.25) is 5.95 Å². The summed E-state index contributed by atoms with van der Waals surface area (Å²) in [5.41, 5.74) is 1.68. The average Bonchev–Trinajstić information content (AvgIpc) is 2.58. The van der Waals surface area contributed by atoms with E-state index in [0.717, 1.165) is 37.3 Å². The summed E-state index contributed by atoms with van der Waals surface area (Å²) in [6, 6.07) is 1.88. The molecule has 0 aliphatic heterocycles. The van der Waals surface area contributed by atoms with Crippen LogP contribution in [-0.4, -0.2) is 48.1 Å². The van der Waals surface area contributed by atoms with E-state index in [2.05, 4.69) is 27.5 Å². The Bertz CT molecular complexity index is 549. The molecule has 1 aromatic heterocycles. The van der Waals surface area contributed by atoms with E-state index in [4.69, 9.17) is 9.84 Å². The number of anilines is 2. The number of hydrogen-bond donors (Lipinski definition) is 3. The smallest absolute Gasteiger partial charge is 0.229 e. The fourth-order valence-corrected chi connectivity index (χ4v) is 2.03. The van der Waals surface area contributed by atoms with E-state index in [9.17, 15) is 4.39 Å². The second kappa shape index (κ2) is 11.5. The van der Waals surface area contributed by atoms with Gasteiger partial charge in [-0.05, 0) is 25.5 Å². The molecule has 1 aromatic rings. The van der Waals surface area contributed by atoms with E-state index in [1.54, 1.807) is 6.08 Å². The highest BCUT2D eigenvalue weighted by Gasteiger charge is 2.08. The molecular formula is C17H27FN4O2. The van der Waals surface area contributed by atoms with Crippen molar-refractivity contribution >= 4 is 11.8 Å². The van der Waals surface area contributed by atoms with Crippen molar-refractivity contribution in [2.45, 2.75) is 32.9 Å². The summed E-state index contributed by atoms with van der Waals surface area (Å²) in [7, 11) is 1.00. The van der Waals surface area contributed by atoms with Gasteiger partial charge in [0.25, 0.3) is 0 Å². The number of hydrogen-bond acceptors (Lipinski definition) is 6. The highest BCUT2D eigenvalue weighted by molar-refractivity contribution is 5.47. The third-order valence-corrected chi connectivity index (χ3v) is 3.06. The molecule has 0 spiro atoms. The lowest BCUT2D eigenvalue weighted by molar-refractivity contribution is 0.144. The van der Waals surface area contributed by atoms with Crippen LogP contribution in [0.1, 0.15) is 25.5 Å². The summed E-state index contributed by atoms with van der Waals surface area (Å²) in [5, 5.41) is 13.3. The zero-order chi connectivity index (χ0) is 17.8. The van der Waals surface area contributed by atoms with Gasteiger partial charge in [0.1, 0.15) is 12.0 Å². The van der Waals surface area contributed by atoms with Gasteiger partial charge in [0.15, 0.2) is 0 Å². The first kappa shape index (κ1) is 20.1. The van der Waals surface area contributed by atoms with Crippen LogP contribution in [0.25, 0.3) is 0 Å². The first-order valence-corrected chi connectivity index (χ1v) is 8.09. The number of rotatable bonds is 8. The molecule has 3 N–H and O–H groups in total. The molecule has 0 amide bonds. The zero-order valence-electron chi connectivity index (χ0n) is 14.6. The van der Waals surface area contributed by atoms with E-state index < -0.39 is 6.17 Å². The average molecular weight is 338 g/mol. The second-order valence-electron chi connectivity index (χ2n) is 5.15. The zero-order valence-corrected chi connectivity index (χ0v) is 14.6.